The minimum Gasteiger partial charge on any atom is -0.391 e. The lowest BCUT2D eigenvalue weighted by Gasteiger charge is -2.18. The zero-order valence-electron chi connectivity index (χ0n) is 10.3. The number of amides is 2. The highest BCUT2D eigenvalue weighted by atomic mass is 16.3. The zero-order chi connectivity index (χ0) is 13.0. The van der Waals surface area contributed by atoms with E-state index in [4.69, 9.17) is 5.73 Å². The lowest BCUT2D eigenvalue weighted by Crippen LogP contribution is -2.47. The number of aliphatic hydroxyl groups excluding tert-OH is 1. The van der Waals surface area contributed by atoms with Crippen molar-refractivity contribution in [3.63, 3.8) is 0 Å². The molecule has 2 amide bonds. The fourth-order valence-corrected chi connectivity index (χ4v) is 1.66. The van der Waals surface area contributed by atoms with Crippen LogP contribution in [0.25, 0.3) is 0 Å². The number of carbonyl (C=O) groups excluding carboxylic acids is 2. The molecule has 0 unspecified atom stereocenters. The van der Waals surface area contributed by atoms with Crippen molar-refractivity contribution in [2.24, 2.45) is 11.7 Å². The average molecular weight is 243 g/mol. The van der Waals surface area contributed by atoms with Crippen LogP contribution in [0.15, 0.2) is 0 Å². The largest absolute Gasteiger partial charge is 0.391 e. The van der Waals surface area contributed by atoms with E-state index < -0.39 is 12.1 Å². The third-order valence-electron chi connectivity index (χ3n) is 2.95. The highest BCUT2D eigenvalue weighted by molar-refractivity contribution is 5.87. The van der Waals surface area contributed by atoms with Crippen molar-refractivity contribution in [2.45, 2.75) is 32.4 Å². The third-order valence-corrected chi connectivity index (χ3v) is 2.95. The number of aliphatic hydroxyl groups is 1. The van der Waals surface area contributed by atoms with E-state index in [1.807, 2.05) is 13.8 Å². The molecule has 0 aromatic rings. The van der Waals surface area contributed by atoms with Crippen molar-refractivity contribution >= 4 is 11.8 Å². The van der Waals surface area contributed by atoms with Crippen molar-refractivity contribution < 1.29 is 14.7 Å². The highest BCUT2D eigenvalue weighted by Crippen LogP contribution is 2.08. The molecule has 0 bridgehead atoms. The van der Waals surface area contributed by atoms with Gasteiger partial charge < -0.3 is 21.1 Å². The Bertz CT molecular complexity index is 294. The molecule has 1 aliphatic rings. The number of nitrogens with zero attached hydrogens (tertiary/aromatic N) is 1. The van der Waals surface area contributed by atoms with Crippen molar-refractivity contribution in [1.29, 1.82) is 0 Å². The van der Waals surface area contributed by atoms with Crippen molar-refractivity contribution in [3.05, 3.63) is 0 Å². The summed E-state index contributed by atoms with van der Waals surface area (Å²) >= 11 is 0. The van der Waals surface area contributed by atoms with Crippen LogP contribution < -0.4 is 11.1 Å². The topological polar surface area (TPSA) is 95.7 Å². The smallest absolute Gasteiger partial charge is 0.242 e. The van der Waals surface area contributed by atoms with Crippen molar-refractivity contribution in [3.8, 4) is 0 Å². The van der Waals surface area contributed by atoms with Gasteiger partial charge in [-0.25, -0.2) is 0 Å². The standard InChI is InChI=1S/C11H21N3O3/c1-7(2)10(12)11(17)13-5-9(16)14-4-3-8(15)6-14/h7-8,10,15H,3-6,12H2,1-2H3,(H,13,17)/t8-,10-/m0/s1. The molecule has 6 heteroatoms. The molecule has 0 aromatic carbocycles. The summed E-state index contributed by atoms with van der Waals surface area (Å²) in [6.07, 6.45) is 0.165. The van der Waals surface area contributed by atoms with Gasteiger partial charge in [-0.1, -0.05) is 13.8 Å². The Kier molecular flexibility index (Phi) is 4.89. The summed E-state index contributed by atoms with van der Waals surface area (Å²) in [4.78, 5) is 24.7. The van der Waals surface area contributed by atoms with Gasteiger partial charge in [-0.15, -0.1) is 0 Å². The van der Waals surface area contributed by atoms with Crippen LogP contribution in [0.4, 0.5) is 0 Å². The summed E-state index contributed by atoms with van der Waals surface area (Å²) in [6, 6.07) is -0.591. The number of nitrogens with one attached hydrogen (secondary N) is 1. The normalized spacial score (nSPS) is 21.7. The van der Waals surface area contributed by atoms with Gasteiger partial charge in [0.05, 0.1) is 18.7 Å². The van der Waals surface area contributed by atoms with E-state index in [-0.39, 0.29) is 24.3 Å². The first-order valence-corrected chi connectivity index (χ1v) is 5.91. The Morgan fingerprint density at radius 3 is 2.65 bits per heavy atom. The highest BCUT2D eigenvalue weighted by Gasteiger charge is 2.25. The molecular formula is C11H21N3O3. The Labute approximate surface area is 101 Å². The molecule has 1 heterocycles. The van der Waals surface area contributed by atoms with E-state index in [1.54, 1.807) is 4.90 Å². The molecule has 0 aromatic heterocycles. The van der Waals surface area contributed by atoms with E-state index in [9.17, 15) is 14.7 Å². The first kappa shape index (κ1) is 13.9. The molecule has 1 saturated heterocycles. The third kappa shape index (κ3) is 3.98. The lowest BCUT2D eigenvalue weighted by atomic mass is 10.1. The maximum absolute atomic E-state index is 11.6. The lowest BCUT2D eigenvalue weighted by molar-refractivity contribution is -0.132. The second-order valence-corrected chi connectivity index (χ2v) is 4.77. The fourth-order valence-electron chi connectivity index (χ4n) is 1.66. The van der Waals surface area contributed by atoms with Gasteiger partial charge in [0, 0.05) is 13.1 Å². The molecular weight excluding hydrogens is 222 g/mol. The van der Waals surface area contributed by atoms with Crippen LogP contribution in [-0.4, -0.2) is 53.6 Å². The molecule has 0 radical (unpaired) electrons. The van der Waals surface area contributed by atoms with E-state index in [0.29, 0.717) is 19.5 Å². The number of hydrogen-bond donors (Lipinski definition) is 3. The molecule has 2 atom stereocenters. The van der Waals surface area contributed by atoms with Gasteiger partial charge in [0.25, 0.3) is 0 Å². The van der Waals surface area contributed by atoms with E-state index in [1.165, 1.54) is 0 Å². The van der Waals surface area contributed by atoms with Crippen molar-refractivity contribution in [1.82, 2.24) is 10.2 Å². The summed E-state index contributed by atoms with van der Waals surface area (Å²) in [5, 5.41) is 11.8. The van der Waals surface area contributed by atoms with Crippen LogP contribution in [0.2, 0.25) is 0 Å². The van der Waals surface area contributed by atoms with Gasteiger partial charge in [-0.05, 0) is 12.3 Å². The van der Waals surface area contributed by atoms with Gasteiger partial charge in [0.1, 0.15) is 0 Å². The van der Waals surface area contributed by atoms with Crippen LogP contribution in [-0.2, 0) is 9.59 Å². The van der Waals surface area contributed by atoms with Crippen LogP contribution >= 0.6 is 0 Å². The first-order chi connectivity index (χ1) is 7.91. The molecule has 1 aliphatic heterocycles. The Morgan fingerprint density at radius 1 is 1.53 bits per heavy atom. The van der Waals surface area contributed by atoms with Gasteiger partial charge in [0.15, 0.2) is 0 Å². The summed E-state index contributed by atoms with van der Waals surface area (Å²) in [6.45, 7) is 4.55. The predicted octanol–water partition coefficient (Wildman–Crippen LogP) is -1.32. The molecule has 0 aliphatic carbocycles. The number of rotatable bonds is 4. The average Bonchev–Trinajstić information content (AvgIpc) is 2.71. The molecule has 98 valence electrons. The number of nitrogens with two attached hydrogens (primary N) is 1. The minimum absolute atomic E-state index is 0.0405. The zero-order valence-corrected chi connectivity index (χ0v) is 10.3. The van der Waals surface area contributed by atoms with E-state index in [0.717, 1.165) is 0 Å². The van der Waals surface area contributed by atoms with Crippen LogP contribution in [0.1, 0.15) is 20.3 Å². The SMILES string of the molecule is CC(C)[C@H](N)C(=O)NCC(=O)N1CC[C@H](O)C1. The van der Waals surface area contributed by atoms with Crippen LogP contribution in [0, 0.1) is 5.92 Å². The minimum atomic E-state index is -0.591. The predicted molar refractivity (Wildman–Crippen MR) is 63.0 cm³/mol. The van der Waals surface area contributed by atoms with Crippen LogP contribution in [0.3, 0.4) is 0 Å². The fraction of sp³-hybridized carbons (Fsp3) is 0.818. The molecule has 6 nitrogen and oxygen atoms in total. The number of hydrogen-bond acceptors (Lipinski definition) is 4. The molecule has 0 saturated carbocycles. The van der Waals surface area contributed by atoms with E-state index in [2.05, 4.69) is 5.32 Å². The number of likely N-dealkylation sites (tertiary alicyclic amines) is 1. The molecule has 1 rings (SSSR count). The maximum atomic E-state index is 11.6. The van der Waals surface area contributed by atoms with E-state index >= 15 is 0 Å². The van der Waals surface area contributed by atoms with Gasteiger partial charge in [-0.2, -0.15) is 0 Å². The molecule has 17 heavy (non-hydrogen) atoms. The van der Waals surface area contributed by atoms with Gasteiger partial charge in [-0.3, -0.25) is 9.59 Å². The summed E-state index contributed by atoms with van der Waals surface area (Å²) in [5.41, 5.74) is 5.64. The Morgan fingerprint density at radius 2 is 2.18 bits per heavy atom. The summed E-state index contributed by atoms with van der Waals surface area (Å²) in [7, 11) is 0. The summed E-state index contributed by atoms with van der Waals surface area (Å²) in [5.74, 6) is -0.447. The maximum Gasteiger partial charge on any atom is 0.242 e. The van der Waals surface area contributed by atoms with Crippen LogP contribution in [0.5, 0.6) is 0 Å². The molecule has 0 spiro atoms. The van der Waals surface area contributed by atoms with Gasteiger partial charge in [0.2, 0.25) is 11.8 Å². The second kappa shape index (κ2) is 5.97. The first-order valence-electron chi connectivity index (χ1n) is 5.91. The second-order valence-electron chi connectivity index (χ2n) is 4.77. The van der Waals surface area contributed by atoms with Gasteiger partial charge >= 0.3 is 0 Å². The molecule has 1 fully saturated rings. The number of carbonyl (C=O) groups is 2. The number of β-amino-alcohol motifs (C(OH)–C–C–N with tert-alkyl or cyclic N) is 1. The summed E-state index contributed by atoms with van der Waals surface area (Å²) < 4.78 is 0. The quantitative estimate of drug-likeness (QED) is 0.570. The molecule has 4 N–H and O–H groups in total. The monoisotopic (exact) mass is 243 g/mol. The Balaban J connectivity index is 2.31. The Hall–Kier alpha value is -1.14. The van der Waals surface area contributed by atoms with Crippen molar-refractivity contribution in [2.75, 3.05) is 19.6 Å².